The van der Waals surface area contributed by atoms with Crippen LogP contribution in [-0.2, 0) is 4.79 Å². The third-order valence-corrected chi connectivity index (χ3v) is 4.95. The summed E-state index contributed by atoms with van der Waals surface area (Å²) in [6.45, 7) is 1.98. The lowest BCUT2D eigenvalue weighted by Gasteiger charge is -2.35. The molecule has 0 aromatic heterocycles. The Morgan fingerprint density at radius 1 is 1.19 bits per heavy atom. The Kier molecular flexibility index (Phi) is 5.52. The Hall–Kier alpha value is -0.780. The number of hydrogen-bond donors (Lipinski definition) is 2. The highest BCUT2D eigenvalue weighted by molar-refractivity contribution is 5.82. The number of carbonyl (C=O) groups excluding carboxylic acids is 1. The summed E-state index contributed by atoms with van der Waals surface area (Å²) in [5, 5.41) is 5.83. The second kappa shape index (κ2) is 6.99. The molecular weight excluding hydrogens is 281 g/mol. The molecule has 1 saturated heterocycles. The van der Waals surface area contributed by atoms with Crippen molar-refractivity contribution in [2.75, 3.05) is 6.54 Å². The summed E-state index contributed by atoms with van der Waals surface area (Å²) in [6, 6.07) is -0.276. The van der Waals surface area contributed by atoms with E-state index in [-0.39, 0.29) is 31.3 Å². The number of halogens is 3. The first-order valence-corrected chi connectivity index (χ1v) is 8.02. The molecule has 2 aliphatic rings. The van der Waals surface area contributed by atoms with Gasteiger partial charge >= 0.3 is 6.18 Å². The Morgan fingerprint density at radius 2 is 1.90 bits per heavy atom. The number of nitrogens with one attached hydrogen (secondary N) is 2. The predicted octanol–water partition coefficient (Wildman–Crippen LogP) is 3.00. The maximum absolute atomic E-state index is 12.6. The summed E-state index contributed by atoms with van der Waals surface area (Å²) in [5.41, 5.74) is 0. The lowest BCUT2D eigenvalue weighted by atomic mass is 9.82. The molecule has 2 fully saturated rings. The molecule has 6 heteroatoms. The Labute approximate surface area is 124 Å². The van der Waals surface area contributed by atoms with Crippen LogP contribution in [-0.4, -0.2) is 30.7 Å². The van der Waals surface area contributed by atoms with E-state index in [9.17, 15) is 18.0 Å². The summed E-state index contributed by atoms with van der Waals surface area (Å²) in [6.07, 6.45) is 1.63. The minimum Gasteiger partial charge on any atom is -0.352 e. The van der Waals surface area contributed by atoms with E-state index in [2.05, 4.69) is 17.6 Å². The molecule has 4 unspecified atom stereocenters. The van der Waals surface area contributed by atoms with Gasteiger partial charge in [-0.05, 0) is 31.6 Å². The van der Waals surface area contributed by atoms with Crippen LogP contribution in [0.15, 0.2) is 0 Å². The van der Waals surface area contributed by atoms with Gasteiger partial charge in [-0.1, -0.05) is 26.2 Å². The second-order valence-corrected chi connectivity index (χ2v) is 6.34. The van der Waals surface area contributed by atoms with Crippen LogP contribution in [0.2, 0.25) is 0 Å². The third kappa shape index (κ3) is 4.34. The van der Waals surface area contributed by atoms with E-state index in [1.54, 1.807) is 0 Å². The Bertz CT molecular complexity index is 351. The van der Waals surface area contributed by atoms with E-state index in [1.165, 1.54) is 6.42 Å². The standard InChI is InChI=1S/C15H25F3N2O/c1-2-10-5-3-4-6-12(10)20-14(21)13-8-7-11(9-19-13)15(16,17)18/h10-13,19H,2-9H2,1H3,(H,20,21). The first-order valence-electron chi connectivity index (χ1n) is 8.02. The summed E-state index contributed by atoms with van der Waals surface area (Å²) in [7, 11) is 0. The SMILES string of the molecule is CCC1CCCCC1NC(=O)C1CCC(C(F)(F)F)CN1. The second-order valence-electron chi connectivity index (χ2n) is 6.34. The van der Waals surface area contributed by atoms with Crippen molar-refractivity contribution in [3.05, 3.63) is 0 Å². The van der Waals surface area contributed by atoms with E-state index in [0.717, 1.165) is 25.7 Å². The highest BCUT2D eigenvalue weighted by Gasteiger charge is 2.42. The summed E-state index contributed by atoms with van der Waals surface area (Å²) >= 11 is 0. The van der Waals surface area contributed by atoms with Gasteiger partial charge in [-0.3, -0.25) is 4.79 Å². The Morgan fingerprint density at radius 3 is 2.48 bits per heavy atom. The van der Waals surface area contributed by atoms with Crippen LogP contribution in [0.5, 0.6) is 0 Å². The van der Waals surface area contributed by atoms with Gasteiger partial charge in [-0.15, -0.1) is 0 Å². The molecule has 1 amide bonds. The van der Waals surface area contributed by atoms with Crippen LogP contribution < -0.4 is 10.6 Å². The van der Waals surface area contributed by atoms with Crippen molar-refractivity contribution in [1.82, 2.24) is 10.6 Å². The smallest absolute Gasteiger partial charge is 0.352 e. The topological polar surface area (TPSA) is 41.1 Å². The molecule has 21 heavy (non-hydrogen) atoms. The zero-order valence-corrected chi connectivity index (χ0v) is 12.5. The van der Waals surface area contributed by atoms with Crippen molar-refractivity contribution >= 4 is 5.91 Å². The van der Waals surface area contributed by atoms with Crippen LogP contribution in [0.4, 0.5) is 13.2 Å². The average Bonchev–Trinajstić information content (AvgIpc) is 2.47. The minimum absolute atomic E-state index is 0.0382. The molecule has 1 aliphatic heterocycles. The van der Waals surface area contributed by atoms with E-state index >= 15 is 0 Å². The van der Waals surface area contributed by atoms with E-state index in [0.29, 0.717) is 5.92 Å². The van der Waals surface area contributed by atoms with Gasteiger partial charge in [0.05, 0.1) is 12.0 Å². The molecule has 4 atom stereocenters. The van der Waals surface area contributed by atoms with Crippen LogP contribution >= 0.6 is 0 Å². The normalized spacial score (nSPS) is 34.5. The largest absolute Gasteiger partial charge is 0.393 e. The van der Waals surface area contributed by atoms with Crippen molar-refractivity contribution in [1.29, 1.82) is 0 Å². The van der Waals surface area contributed by atoms with Crippen molar-refractivity contribution in [2.24, 2.45) is 11.8 Å². The van der Waals surface area contributed by atoms with Gasteiger partial charge in [0.1, 0.15) is 0 Å². The van der Waals surface area contributed by atoms with Gasteiger partial charge in [0.15, 0.2) is 0 Å². The van der Waals surface area contributed by atoms with E-state index in [4.69, 9.17) is 0 Å². The van der Waals surface area contributed by atoms with Crippen molar-refractivity contribution in [3.63, 3.8) is 0 Å². The minimum atomic E-state index is -4.16. The van der Waals surface area contributed by atoms with Gasteiger partial charge < -0.3 is 10.6 Å². The van der Waals surface area contributed by atoms with Crippen LogP contribution in [0.25, 0.3) is 0 Å². The number of amides is 1. The van der Waals surface area contributed by atoms with Gasteiger partial charge in [-0.2, -0.15) is 13.2 Å². The van der Waals surface area contributed by atoms with Gasteiger partial charge in [0.2, 0.25) is 5.91 Å². The molecule has 0 aromatic carbocycles. The average molecular weight is 306 g/mol. The highest BCUT2D eigenvalue weighted by Crippen LogP contribution is 2.32. The van der Waals surface area contributed by atoms with Crippen molar-refractivity contribution in [3.8, 4) is 0 Å². The number of alkyl halides is 3. The quantitative estimate of drug-likeness (QED) is 0.841. The molecule has 0 spiro atoms. The fourth-order valence-electron chi connectivity index (χ4n) is 3.53. The molecular formula is C15H25F3N2O. The maximum atomic E-state index is 12.6. The molecule has 3 nitrogen and oxygen atoms in total. The third-order valence-electron chi connectivity index (χ3n) is 4.95. The van der Waals surface area contributed by atoms with E-state index in [1.807, 2.05) is 0 Å². The van der Waals surface area contributed by atoms with E-state index < -0.39 is 18.1 Å². The van der Waals surface area contributed by atoms with Crippen LogP contribution in [0, 0.1) is 11.8 Å². The fraction of sp³-hybridized carbons (Fsp3) is 0.933. The molecule has 1 heterocycles. The molecule has 1 aliphatic carbocycles. The molecule has 0 radical (unpaired) electrons. The molecule has 0 bridgehead atoms. The van der Waals surface area contributed by atoms with Gasteiger partial charge in [0, 0.05) is 12.6 Å². The van der Waals surface area contributed by atoms with Gasteiger partial charge in [0.25, 0.3) is 0 Å². The zero-order valence-electron chi connectivity index (χ0n) is 12.5. The summed E-state index contributed by atoms with van der Waals surface area (Å²) < 4.78 is 37.8. The van der Waals surface area contributed by atoms with Crippen molar-refractivity contribution in [2.45, 2.75) is 70.1 Å². The lowest BCUT2D eigenvalue weighted by Crippen LogP contribution is -2.54. The number of hydrogen-bond acceptors (Lipinski definition) is 2. The molecule has 0 aromatic rings. The number of rotatable bonds is 3. The number of carbonyl (C=O) groups is 1. The lowest BCUT2D eigenvalue weighted by molar-refractivity contribution is -0.180. The molecule has 2 N–H and O–H groups in total. The first-order chi connectivity index (χ1) is 9.91. The molecule has 122 valence electrons. The van der Waals surface area contributed by atoms with Gasteiger partial charge in [-0.25, -0.2) is 0 Å². The summed E-state index contributed by atoms with van der Waals surface area (Å²) in [5.74, 6) is -0.935. The predicted molar refractivity (Wildman–Crippen MR) is 74.7 cm³/mol. The zero-order chi connectivity index (χ0) is 15.5. The van der Waals surface area contributed by atoms with Crippen LogP contribution in [0.3, 0.4) is 0 Å². The maximum Gasteiger partial charge on any atom is 0.393 e. The monoisotopic (exact) mass is 306 g/mol. The first kappa shape index (κ1) is 16.6. The highest BCUT2D eigenvalue weighted by atomic mass is 19.4. The molecule has 1 saturated carbocycles. The summed E-state index contributed by atoms with van der Waals surface area (Å²) in [4.78, 5) is 12.2. The van der Waals surface area contributed by atoms with Crippen LogP contribution in [0.1, 0.15) is 51.9 Å². The van der Waals surface area contributed by atoms with Crippen molar-refractivity contribution < 1.29 is 18.0 Å². The number of piperidine rings is 1. The fourth-order valence-corrected chi connectivity index (χ4v) is 3.53. The molecule has 2 rings (SSSR count). The Balaban J connectivity index is 1.82.